The molecule has 0 bridgehead atoms. The van der Waals surface area contributed by atoms with Crippen LogP contribution in [0, 0.1) is 13.8 Å². The molecule has 0 unspecified atom stereocenters. The maximum Gasteiger partial charge on any atom is 0.251 e. The van der Waals surface area contributed by atoms with Gasteiger partial charge in [0.05, 0.1) is 5.01 Å². The van der Waals surface area contributed by atoms with Crippen LogP contribution >= 0.6 is 11.3 Å². The van der Waals surface area contributed by atoms with Crippen LogP contribution in [0.5, 0.6) is 0 Å². The summed E-state index contributed by atoms with van der Waals surface area (Å²) in [4.78, 5) is 16.6. The van der Waals surface area contributed by atoms with E-state index in [1.165, 1.54) is 0 Å². The van der Waals surface area contributed by atoms with Crippen LogP contribution in [0.25, 0.3) is 0 Å². The summed E-state index contributed by atoms with van der Waals surface area (Å²) in [6.07, 6.45) is 0.777. The number of nitrogens with zero attached hydrogens (tertiary/aromatic N) is 1. The second-order valence-electron chi connectivity index (χ2n) is 4.95. The van der Waals surface area contributed by atoms with Gasteiger partial charge in [0.2, 0.25) is 0 Å². The highest BCUT2D eigenvalue weighted by Gasteiger charge is 2.09. The molecule has 1 aromatic heterocycles. The van der Waals surface area contributed by atoms with Crippen molar-refractivity contribution in [2.45, 2.75) is 27.2 Å². The van der Waals surface area contributed by atoms with E-state index >= 15 is 0 Å². The van der Waals surface area contributed by atoms with Crippen LogP contribution in [0.2, 0.25) is 0 Å². The third kappa shape index (κ3) is 4.29. The Hall–Kier alpha value is -1.88. The third-order valence-corrected chi connectivity index (χ3v) is 4.17. The van der Waals surface area contributed by atoms with Crippen LogP contribution in [0.15, 0.2) is 23.6 Å². The summed E-state index contributed by atoms with van der Waals surface area (Å²) >= 11 is 1.64. The summed E-state index contributed by atoms with van der Waals surface area (Å²) in [5, 5.41) is 9.29. The van der Waals surface area contributed by atoms with E-state index in [2.05, 4.69) is 22.5 Å². The Morgan fingerprint density at radius 3 is 2.76 bits per heavy atom. The second kappa shape index (κ2) is 7.22. The van der Waals surface area contributed by atoms with Crippen molar-refractivity contribution in [2.75, 3.05) is 18.4 Å². The van der Waals surface area contributed by atoms with Gasteiger partial charge in [-0.15, -0.1) is 11.3 Å². The van der Waals surface area contributed by atoms with Crippen molar-refractivity contribution in [1.29, 1.82) is 0 Å². The number of aryl methyl sites for hydroxylation is 2. The lowest BCUT2D eigenvalue weighted by atomic mass is 10.1. The van der Waals surface area contributed by atoms with Gasteiger partial charge in [-0.3, -0.25) is 4.79 Å². The number of hydrogen-bond acceptors (Lipinski definition) is 4. The Kier molecular flexibility index (Phi) is 5.33. The summed E-state index contributed by atoms with van der Waals surface area (Å²) in [5.41, 5.74) is 3.80. The number of hydrogen-bond donors (Lipinski definition) is 2. The fraction of sp³-hybridized carbons (Fsp3) is 0.375. The summed E-state index contributed by atoms with van der Waals surface area (Å²) in [5.74, 6) is -0.0242. The molecular weight excluding hydrogens is 282 g/mol. The average molecular weight is 303 g/mol. The lowest BCUT2D eigenvalue weighted by Crippen LogP contribution is -2.26. The van der Waals surface area contributed by atoms with Crippen molar-refractivity contribution in [2.24, 2.45) is 0 Å². The second-order valence-corrected chi connectivity index (χ2v) is 5.89. The molecule has 0 saturated heterocycles. The molecule has 2 N–H and O–H groups in total. The van der Waals surface area contributed by atoms with Crippen molar-refractivity contribution in [1.82, 2.24) is 10.3 Å². The topological polar surface area (TPSA) is 54.0 Å². The van der Waals surface area contributed by atoms with Crippen molar-refractivity contribution in [3.05, 3.63) is 45.4 Å². The first-order chi connectivity index (χ1) is 10.1. The lowest BCUT2D eigenvalue weighted by Gasteiger charge is -2.09. The van der Waals surface area contributed by atoms with Crippen molar-refractivity contribution in [3.63, 3.8) is 0 Å². The number of aromatic nitrogens is 1. The normalized spacial score (nSPS) is 10.4. The number of thiazole rings is 1. The van der Waals surface area contributed by atoms with E-state index in [0.717, 1.165) is 40.5 Å². The van der Waals surface area contributed by atoms with Gasteiger partial charge >= 0.3 is 0 Å². The first-order valence-corrected chi connectivity index (χ1v) is 8.02. The predicted molar refractivity (Wildman–Crippen MR) is 88.2 cm³/mol. The number of carbonyl (C=O) groups excluding carboxylic acids is 1. The van der Waals surface area contributed by atoms with Crippen LogP contribution < -0.4 is 10.6 Å². The van der Waals surface area contributed by atoms with Crippen LogP contribution in [0.1, 0.15) is 33.5 Å². The van der Waals surface area contributed by atoms with E-state index in [-0.39, 0.29) is 5.91 Å². The smallest absolute Gasteiger partial charge is 0.251 e. The van der Waals surface area contributed by atoms with Gasteiger partial charge in [0.25, 0.3) is 5.91 Å². The molecule has 21 heavy (non-hydrogen) atoms. The molecule has 1 heterocycles. The molecule has 0 saturated carbocycles. The molecule has 1 amide bonds. The van der Waals surface area contributed by atoms with Crippen molar-refractivity contribution >= 4 is 22.9 Å². The quantitative estimate of drug-likeness (QED) is 0.862. The molecule has 1 aromatic carbocycles. The van der Waals surface area contributed by atoms with Crippen LogP contribution in [0.3, 0.4) is 0 Å². The number of benzene rings is 1. The largest absolute Gasteiger partial charge is 0.385 e. The summed E-state index contributed by atoms with van der Waals surface area (Å²) < 4.78 is 0. The summed E-state index contributed by atoms with van der Waals surface area (Å²) in [6.45, 7) is 7.47. The minimum Gasteiger partial charge on any atom is -0.385 e. The lowest BCUT2D eigenvalue weighted by molar-refractivity contribution is 0.0953. The zero-order valence-corrected chi connectivity index (χ0v) is 13.5. The molecule has 0 radical (unpaired) electrons. The van der Waals surface area contributed by atoms with Gasteiger partial charge in [-0.2, -0.15) is 0 Å². The van der Waals surface area contributed by atoms with Crippen LogP contribution in [-0.4, -0.2) is 24.0 Å². The van der Waals surface area contributed by atoms with Gasteiger partial charge < -0.3 is 10.6 Å². The minimum absolute atomic E-state index is 0.0242. The highest BCUT2D eigenvalue weighted by molar-refractivity contribution is 7.09. The standard InChI is InChI=1S/C16H21N3OS/c1-4-17-13-5-6-14(11(2)9-13)16(20)18-8-7-15-19-12(3)10-21-15/h5-6,9-10,17H,4,7-8H2,1-3H3,(H,18,20). The van der Waals surface area contributed by atoms with Gasteiger partial charge in [0.1, 0.15) is 0 Å². The Morgan fingerprint density at radius 2 is 2.14 bits per heavy atom. The van der Waals surface area contributed by atoms with E-state index in [1.54, 1.807) is 11.3 Å². The van der Waals surface area contributed by atoms with Gasteiger partial charge in [0, 0.05) is 41.8 Å². The zero-order valence-electron chi connectivity index (χ0n) is 12.7. The maximum atomic E-state index is 12.2. The van der Waals surface area contributed by atoms with Crippen molar-refractivity contribution < 1.29 is 4.79 Å². The van der Waals surface area contributed by atoms with Crippen molar-refractivity contribution in [3.8, 4) is 0 Å². The average Bonchev–Trinajstić information content (AvgIpc) is 2.85. The zero-order chi connectivity index (χ0) is 15.2. The molecule has 4 nitrogen and oxygen atoms in total. The molecule has 0 aliphatic rings. The molecule has 2 aromatic rings. The Bertz CT molecular complexity index is 622. The van der Waals surface area contributed by atoms with Gasteiger partial charge in [-0.25, -0.2) is 4.98 Å². The SMILES string of the molecule is CCNc1ccc(C(=O)NCCc2nc(C)cs2)c(C)c1. The number of amides is 1. The minimum atomic E-state index is -0.0242. The maximum absolute atomic E-state index is 12.2. The van der Waals surface area contributed by atoms with Gasteiger partial charge in [-0.05, 0) is 44.5 Å². The van der Waals surface area contributed by atoms with Crippen LogP contribution in [-0.2, 0) is 6.42 Å². The highest BCUT2D eigenvalue weighted by Crippen LogP contribution is 2.15. The summed E-state index contributed by atoms with van der Waals surface area (Å²) in [7, 11) is 0. The van der Waals surface area contributed by atoms with E-state index in [9.17, 15) is 4.79 Å². The highest BCUT2D eigenvalue weighted by atomic mass is 32.1. The molecule has 5 heteroatoms. The molecular formula is C16H21N3OS. The Morgan fingerprint density at radius 1 is 1.33 bits per heavy atom. The third-order valence-electron chi connectivity index (χ3n) is 3.14. The van der Waals surface area contributed by atoms with E-state index in [0.29, 0.717) is 6.54 Å². The van der Waals surface area contributed by atoms with E-state index < -0.39 is 0 Å². The van der Waals surface area contributed by atoms with Crippen LogP contribution in [0.4, 0.5) is 5.69 Å². The number of nitrogens with one attached hydrogen (secondary N) is 2. The monoisotopic (exact) mass is 303 g/mol. The molecule has 0 atom stereocenters. The summed E-state index contributed by atoms with van der Waals surface area (Å²) in [6, 6.07) is 5.81. The predicted octanol–water partition coefficient (Wildman–Crippen LogP) is 3.16. The molecule has 0 aliphatic carbocycles. The van der Waals surface area contributed by atoms with E-state index in [4.69, 9.17) is 0 Å². The number of carbonyl (C=O) groups is 1. The van der Waals surface area contributed by atoms with E-state index in [1.807, 2.05) is 37.4 Å². The first kappa shape index (κ1) is 15.5. The molecule has 112 valence electrons. The number of anilines is 1. The Labute approximate surface area is 129 Å². The molecule has 0 fully saturated rings. The molecule has 0 spiro atoms. The molecule has 0 aliphatic heterocycles. The fourth-order valence-electron chi connectivity index (χ4n) is 2.13. The Balaban J connectivity index is 1.91. The molecule has 2 rings (SSSR count). The first-order valence-electron chi connectivity index (χ1n) is 7.14. The van der Waals surface area contributed by atoms with Gasteiger partial charge in [0.15, 0.2) is 0 Å². The van der Waals surface area contributed by atoms with Gasteiger partial charge in [-0.1, -0.05) is 0 Å². The number of rotatable bonds is 6. The fourth-order valence-corrected chi connectivity index (χ4v) is 2.90.